The minimum Gasteiger partial charge on any atom is -0.394 e. The Labute approximate surface area is 191 Å². The van der Waals surface area contributed by atoms with Crippen LogP contribution in [0.3, 0.4) is 0 Å². The van der Waals surface area contributed by atoms with E-state index in [1.54, 1.807) is 6.08 Å². The number of aliphatic hydroxyl groups is 1. The largest absolute Gasteiger partial charge is 0.469 e. The van der Waals surface area contributed by atoms with Crippen LogP contribution >= 0.6 is 7.82 Å². The van der Waals surface area contributed by atoms with Crippen molar-refractivity contribution >= 4 is 7.82 Å². The summed E-state index contributed by atoms with van der Waals surface area (Å²) in [6.07, 6.45) is 1.13. The number of hydrogen-bond acceptors (Lipinski definition) is 5. The molecular formula is C21H34F4NO6P. The fourth-order valence-electron chi connectivity index (χ4n) is 4.25. The monoisotopic (exact) mass is 503 g/mol. The summed E-state index contributed by atoms with van der Waals surface area (Å²) in [6.45, 7) is -1.15. The summed E-state index contributed by atoms with van der Waals surface area (Å²) < 4.78 is 75.5. The Morgan fingerprint density at radius 3 is 2.52 bits per heavy atom. The van der Waals surface area contributed by atoms with Crippen LogP contribution in [0.4, 0.5) is 17.6 Å². The molecule has 0 bridgehead atoms. The molecule has 2 aliphatic carbocycles. The number of phosphoric acid groups is 1. The minimum absolute atomic E-state index is 0.0154. The Hall–Kier alpha value is -0.810. The number of phosphoric ester groups is 1. The number of ether oxygens (including phenoxy) is 1. The van der Waals surface area contributed by atoms with Gasteiger partial charge < -0.3 is 25.4 Å². The van der Waals surface area contributed by atoms with Gasteiger partial charge in [-0.15, -0.1) is 0 Å². The summed E-state index contributed by atoms with van der Waals surface area (Å²) in [7, 11) is -4.79. The Morgan fingerprint density at radius 2 is 1.91 bits per heavy atom. The molecule has 2 rings (SSSR count). The fraction of sp³-hybridized carbons (Fsp3) is 0.810. The first-order valence-electron chi connectivity index (χ1n) is 11.1. The first-order valence-corrected chi connectivity index (χ1v) is 12.7. The van der Waals surface area contributed by atoms with E-state index in [4.69, 9.17) is 20.3 Å². The van der Waals surface area contributed by atoms with Gasteiger partial charge in [0.15, 0.2) is 0 Å². The van der Waals surface area contributed by atoms with E-state index in [0.29, 0.717) is 19.3 Å². The molecule has 0 saturated heterocycles. The van der Waals surface area contributed by atoms with Crippen molar-refractivity contribution in [3.8, 4) is 0 Å². The van der Waals surface area contributed by atoms with Crippen molar-refractivity contribution in [1.82, 2.24) is 0 Å². The van der Waals surface area contributed by atoms with E-state index in [9.17, 15) is 27.2 Å². The van der Waals surface area contributed by atoms with Crippen molar-refractivity contribution < 1.29 is 46.3 Å². The predicted molar refractivity (Wildman–Crippen MR) is 114 cm³/mol. The van der Waals surface area contributed by atoms with E-state index in [0.717, 1.165) is 18.9 Å². The van der Waals surface area contributed by atoms with E-state index in [1.165, 1.54) is 6.08 Å². The molecule has 0 heterocycles. The second-order valence-electron chi connectivity index (χ2n) is 8.99. The van der Waals surface area contributed by atoms with Crippen LogP contribution in [0.25, 0.3) is 0 Å². The van der Waals surface area contributed by atoms with Crippen LogP contribution in [0.2, 0.25) is 0 Å². The van der Waals surface area contributed by atoms with Crippen molar-refractivity contribution in [2.24, 2.45) is 17.6 Å². The lowest BCUT2D eigenvalue weighted by atomic mass is 9.82. The maximum absolute atomic E-state index is 13.8. The average Bonchev–Trinajstić information content (AvgIpc) is 2.74. The molecule has 0 aromatic heterocycles. The predicted octanol–water partition coefficient (Wildman–Crippen LogP) is 3.93. The van der Waals surface area contributed by atoms with Crippen molar-refractivity contribution in [2.75, 3.05) is 19.8 Å². The number of hydrogen-bond donors (Lipinski definition) is 4. The first-order chi connectivity index (χ1) is 15.3. The Kier molecular flexibility index (Phi) is 10.5. The standard InChI is InChI=1S/C21H34F4NO6P/c22-18-6-2-1-4-16(18)5-3-11-31-19-8-7-15(12-17(19)21(23,24)25)9-10-20(26,13-27)14-32-33(28,29)30/h2,6,12,15-16,18-19,27H,1,3-5,7-11,13-14,26H2,(H2,28,29,30). The minimum atomic E-state index is -4.79. The maximum atomic E-state index is 13.8. The van der Waals surface area contributed by atoms with Gasteiger partial charge in [-0.05, 0) is 63.2 Å². The molecule has 0 amide bonds. The van der Waals surface area contributed by atoms with E-state index in [1.807, 2.05) is 0 Å². The van der Waals surface area contributed by atoms with Crippen LogP contribution in [-0.4, -0.2) is 58.7 Å². The highest BCUT2D eigenvalue weighted by Crippen LogP contribution is 2.40. The zero-order valence-electron chi connectivity index (χ0n) is 18.4. The SMILES string of the molecule is NC(CO)(CCC1C=C(C(F)(F)F)C(OCCCC2CCC=CC2F)CC1)COP(=O)(O)O. The number of alkyl halides is 4. The topological polar surface area (TPSA) is 122 Å². The molecule has 0 fully saturated rings. The lowest BCUT2D eigenvalue weighted by molar-refractivity contribution is -0.115. The number of aliphatic hydroxyl groups excluding tert-OH is 1. The molecule has 33 heavy (non-hydrogen) atoms. The van der Waals surface area contributed by atoms with Crippen LogP contribution < -0.4 is 5.73 Å². The van der Waals surface area contributed by atoms with Gasteiger partial charge in [-0.1, -0.05) is 18.2 Å². The van der Waals surface area contributed by atoms with E-state index in [-0.39, 0.29) is 31.8 Å². The number of allylic oxidation sites excluding steroid dienone is 3. The molecule has 0 aromatic carbocycles. The quantitative estimate of drug-likeness (QED) is 0.138. The molecule has 0 spiro atoms. The first kappa shape index (κ1) is 28.4. The lowest BCUT2D eigenvalue weighted by Gasteiger charge is -2.33. The zero-order valence-corrected chi connectivity index (χ0v) is 19.3. The Bertz CT molecular complexity index is 728. The normalized spacial score (nSPS) is 28.4. The molecule has 2 aliphatic rings. The fourth-order valence-corrected chi connectivity index (χ4v) is 4.68. The zero-order chi connectivity index (χ0) is 24.7. The third kappa shape index (κ3) is 9.76. The van der Waals surface area contributed by atoms with Crippen molar-refractivity contribution in [3.63, 3.8) is 0 Å². The highest BCUT2D eigenvalue weighted by Gasteiger charge is 2.42. The van der Waals surface area contributed by atoms with Crippen LogP contribution in [0.15, 0.2) is 23.8 Å². The van der Waals surface area contributed by atoms with Gasteiger partial charge in [-0.25, -0.2) is 8.96 Å². The van der Waals surface area contributed by atoms with Gasteiger partial charge in [-0.2, -0.15) is 13.2 Å². The van der Waals surface area contributed by atoms with Gasteiger partial charge in [0.2, 0.25) is 0 Å². The third-order valence-electron chi connectivity index (χ3n) is 6.25. The van der Waals surface area contributed by atoms with Gasteiger partial charge in [-0.3, -0.25) is 4.52 Å². The van der Waals surface area contributed by atoms with Gasteiger partial charge in [0, 0.05) is 6.61 Å². The van der Waals surface area contributed by atoms with Gasteiger partial charge in [0.05, 0.1) is 30.4 Å². The maximum Gasteiger partial charge on any atom is 0.469 e. The molecule has 0 aliphatic heterocycles. The van der Waals surface area contributed by atoms with Crippen LogP contribution in [0.1, 0.15) is 51.4 Å². The second kappa shape index (κ2) is 12.2. The number of rotatable bonds is 12. The van der Waals surface area contributed by atoms with Crippen LogP contribution in [0, 0.1) is 11.8 Å². The summed E-state index contributed by atoms with van der Waals surface area (Å²) in [4.78, 5) is 17.6. The van der Waals surface area contributed by atoms with Gasteiger partial charge in [0.1, 0.15) is 6.17 Å². The number of halogens is 4. The summed E-state index contributed by atoms with van der Waals surface area (Å²) in [5, 5.41) is 9.47. The molecule has 5 unspecified atom stereocenters. The lowest BCUT2D eigenvalue weighted by Crippen LogP contribution is -2.48. The van der Waals surface area contributed by atoms with E-state index in [2.05, 4.69) is 4.52 Å². The number of nitrogens with two attached hydrogens (primary N) is 1. The highest BCUT2D eigenvalue weighted by atomic mass is 31.2. The van der Waals surface area contributed by atoms with Crippen molar-refractivity contribution in [2.45, 2.75) is 75.4 Å². The summed E-state index contributed by atoms with van der Waals surface area (Å²) in [5.41, 5.74) is 3.66. The van der Waals surface area contributed by atoms with Crippen LogP contribution in [-0.2, 0) is 13.8 Å². The van der Waals surface area contributed by atoms with Crippen molar-refractivity contribution in [1.29, 1.82) is 0 Å². The third-order valence-corrected chi connectivity index (χ3v) is 6.72. The highest BCUT2D eigenvalue weighted by molar-refractivity contribution is 7.46. The van der Waals surface area contributed by atoms with Gasteiger partial charge in [0.25, 0.3) is 0 Å². The Balaban J connectivity index is 1.89. The van der Waals surface area contributed by atoms with Gasteiger partial charge >= 0.3 is 14.0 Å². The van der Waals surface area contributed by atoms with Crippen LogP contribution in [0.5, 0.6) is 0 Å². The molecule has 0 radical (unpaired) electrons. The molecule has 5 atom stereocenters. The molecule has 12 heteroatoms. The molecule has 0 saturated carbocycles. The van der Waals surface area contributed by atoms with E-state index >= 15 is 0 Å². The second-order valence-corrected chi connectivity index (χ2v) is 10.2. The summed E-state index contributed by atoms with van der Waals surface area (Å²) in [5.74, 6) is -0.600. The smallest absolute Gasteiger partial charge is 0.394 e. The average molecular weight is 503 g/mol. The van der Waals surface area contributed by atoms with Crippen molar-refractivity contribution in [3.05, 3.63) is 23.8 Å². The summed E-state index contributed by atoms with van der Waals surface area (Å²) >= 11 is 0. The van der Waals surface area contributed by atoms with E-state index < -0.39 is 56.5 Å². The summed E-state index contributed by atoms with van der Waals surface area (Å²) in [6, 6.07) is 0. The molecule has 0 aromatic rings. The molecule has 5 N–H and O–H groups in total. The molecule has 7 nitrogen and oxygen atoms in total. The molecular weight excluding hydrogens is 469 g/mol. The molecule has 192 valence electrons. The Morgan fingerprint density at radius 1 is 1.18 bits per heavy atom.